The van der Waals surface area contributed by atoms with Gasteiger partial charge in [0.05, 0.1) is 12.1 Å². The molecule has 12 heteroatoms. The Hall–Kier alpha value is -2.60. The number of alkyl carbamates (subject to hydrolysis) is 1. The second kappa shape index (κ2) is 12.4. The van der Waals surface area contributed by atoms with Gasteiger partial charge in [0.25, 0.3) is 11.9 Å². The smallest absolute Gasteiger partial charge is 0.407 e. The summed E-state index contributed by atoms with van der Waals surface area (Å²) in [5.74, 6) is -0.171. The van der Waals surface area contributed by atoms with Crippen LogP contribution in [0.25, 0.3) is 0 Å². The minimum atomic E-state index is -0.301. The van der Waals surface area contributed by atoms with E-state index >= 15 is 0 Å². The van der Waals surface area contributed by atoms with E-state index < -0.39 is 0 Å². The number of aliphatic imine (C=N–C) groups is 1. The summed E-state index contributed by atoms with van der Waals surface area (Å²) < 4.78 is 19.5. The van der Waals surface area contributed by atoms with Gasteiger partial charge in [-0.05, 0) is 55.4 Å². The van der Waals surface area contributed by atoms with Crippen LogP contribution in [0.4, 0.5) is 4.79 Å². The molecule has 4 aliphatic heterocycles. The number of hydrogen-bond donors (Lipinski definition) is 4. The Labute approximate surface area is 188 Å². The summed E-state index contributed by atoms with van der Waals surface area (Å²) in [6, 6.07) is 0.604. The molecule has 12 nitrogen and oxygen atoms in total. The van der Waals surface area contributed by atoms with Crippen LogP contribution < -0.4 is 21.7 Å². The number of carbonyl (C=O) groups excluding carboxylic acids is 3. The molecule has 0 aromatic heterocycles. The molecule has 184 valence electrons. The lowest BCUT2D eigenvalue weighted by atomic mass is 10.2. The van der Waals surface area contributed by atoms with Gasteiger partial charge in [-0.15, -0.1) is 0 Å². The summed E-state index contributed by atoms with van der Waals surface area (Å²) in [4.78, 5) is 35.3. The molecule has 0 bridgehead atoms. The second-order valence-corrected chi connectivity index (χ2v) is 7.97. The van der Waals surface area contributed by atoms with Crippen LogP contribution in [0.5, 0.6) is 0 Å². The zero-order valence-corrected chi connectivity index (χ0v) is 20.0. The van der Waals surface area contributed by atoms with Gasteiger partial charge in [0.15, 0.2) is 6.23 Å². The number of nitrogens with one attached hydrogen (secondary N) is 3. The number of cyclic esters (lactones) is 2. The van der Waals surface area contributed by atoms with Crippen molar-refractivity contribution in [3.63, 3.8) is 0 Å². The molecule has 8 unspecified atom stereocenters. The van der Waals surface area contributed by atoms with Crippen molar-refractivity contribution in [3.8, 4) is 0 Å². The fraction of sp³-hybridized carbons (Fsp3) is 0.800. The van der Waals surface area contributed by atoms with Gasteiger partial charge in [0, 0.05) is 0 Å². The maximum Gasteiger partial charge on any atom is 0.407 e. The van der Waals surface area contributed by atoms with Crippen molar-refractivity contribution in [2.24, 2.45) is 10.7 Å². The number of amidine groups is 1. The highest BCUT2D eigenvalue weighted by molar-refractivity contribution is 5.82. The quantitative estimate of drug-likeness (QED) is 0.374. The number of esters is 1. The van der Waals surface area contributed by atoms with Gasteiger partial charge >= 0.3 is 12.1 Å². The third kappa shape index (κ3) is 9.27. The highest BCUT2D eigenvalue weighted by Gasteiger charge is 2.27. The van der Waals surface area contributed by atoms with E-state index in [2.05, 4.69) is 20.9 Å². The molecule has 0 aliphatic carbocycles. The average molecular weight is 460 g/mol. The highest BCUT2D eigenvalue weighted by atomic mass is 16.6. The van der Waals surface area contributed by atoms with Crippen molar-refractivity contribution in [3.05, 3.63) is 0 Å². The molecule has 5 N–H and O–H groups in total. The molecule has 4 rings (SSSR count). The van der Waals surface area contributed by atoms with Gasteiger partial charge in [0.1, 0.15) is 30.6 Å². The van der Waals surface area contributed by atoms with E-state index in [1.54, 1.807) is 27.7 Å². The van der Waals surface area contributed by atoms with Crippen LogP contribution in [0.1, 0.15) is 55.4 Å². The van der Waals surface area contributed by atoms with E-state index in [9.17, 15) is 14.4 Å². The van der Waals surface area contributed by atoms with E-state index in [-0.39, 0.29) is 66.9 Å². The van der Waals surface area contributed by atoms with E-state index in [0.717, 1.165) is 0 Å². The summed E-state index contributed by atoms with van der Waals surface area (Å²) in [6.45, 7) is 14.8. The van der Waals surface area contributed by atoms with Crippen LogP contribution in [0.15, 0.2) is 4.99 Å². The fourth-order valence-corrected chi connectivity index (χ4v) is 2.68. The number of nitrogens with zero attached hydrogens (tertiary/aromatic N) is 1. The molecule has 32 heavy (non-hydrogen) atoms. The molecule has 3 fully saturated rings. The second-order valence-electron chi connectivity index (χ2n) is 7.97. The molecule has 4 aliphatic rings. The summed E-state index contributed by atoms with van der Waals surface area (Å²) in [7, 11) is 0. The van der Waals surface area contributed by atoms with Crippen molar-refractivity contribution in [1.82, 2.24) is 16.0 Å². The Balaban J connectivity index is 0.000000213. The Morgan fingerprint density at radius 3 is 1.56 bits per heavy atom. The van der Waals surface area contributed by atoms with Crippen LogP contribution >= 0.6 is 0 Å². The van der Waals surface area contributed by atoms with Crippen LogP contribution in [0.3, 0.4) is 0 Å². The Morgan fingerprint density at radius 2 is 1.44 bits per heavy atom. The van der Waals surface area contributed by atoms with Gasteiger partial charge in [-0.2, -0.15) is 0 Å². The van der Waals surface area contributed by atoms with Gasteiger partial charge < -0.3 is 35.3 Å². The molecular weight excluding hydrogens is 422 g/mol. The van der Waals surface area contributed by atoms with Crippen molar-refractivity contribution in [2.75, 3.05) is 0 Å². The highest BCUT2D eigenvalue weighted by Crippen LogP contribution is 2.09. The molecular formula is C20H37N5O7. The molecule has 2 amide bonds. The lowest BCUT2D eigenvalue weighted by molar-refractivity contribution is -0.141. The topological polar surface area (TPSA) is 163 Å². The fourth-order valence-electron chi connectivity index (χ4n) is 2.68. The summed E-state index contributed by atoms with van der Waals surface area (Å²) in [6.07, 6.45) is -0.567. The summed E-state index contributed by atoms with van der Waals surface area (Å²) in [5.41, 5.74) is 5.24. The Morgan fingerprint density at radius 1 is 0.812 bits per heavy atom. The zero-order chi connectivity index (χ0) is 24.6. The SMILES string of the molecule is CC1N=C(N)OC1C.CC1NC(=O)C(C)O1.CC1NC(=O)OC1C.CC1NC(C)C(=O)O1. The van der Waals surface area contributed by atoms with Crippen LogP contribution in [-0.2, 0) is 28.5 Å². The first-order valence-corrected chi connectivity index (χ1v) is 10.7. The summed E-state index contributed by atoms with van der Waals surface area (Å²) in [5, 5.41) is 8.11. The Kier molecular flexibility index (Phi) is 10.7. The minimum absolute atomic E-state index is 0.0162. The van der Waals surface area contributed by atoms with Gasteiger partial charge in [-0.1, -0.05) is 0 Å². The van der Waals surface area contributed by atoms with E-state index in [0.29, 0.717) is 6.02 Å². The van der Waals surface area contributed by atoms with Crippen molar-refractivity contribution in [2.45, 2.75) is 104 Å². The monoisotopic (exact) mass is 459 g/mol. The number of amides is 2. The lowest BCUT2D eigenvalue weighted by Gasteiger charge is -2.04. The number of hydrogen-bond acceptors (Lipinski definition) is 10. The standard InChI is InChI=1S/C5H10N2O.3C5H9NO2/c1-3-4(2)8-5(6)7-3;1-3-5(7)6-4(2)8-3;1-3-5(7)8-4(2)6-3;1-3-4(2)8-5(7)6-3/h3-4H,1-2H3,(H2,6,7);3-4H,1-2H3,(H,6,7);3-4,6H,1-2H3;3-4H,1-2H3,(H,6,7). The van der Waals surface area contributed by atoms with Crippen molar-refractivity contribution >= 4 is 24.0 Å². The predicted octanol–water partition coefficient (Wildman–Crippen LogP) is 0.346. The molecule has 0 radical (unpaired) electrons. The number of carbonyl (C=O) groups is 3. The predicted molar refractivity (Wildman–Crippen MR) is 116 cm³/mol. The molecule has 8 atom stereocenters. The third-order valence-corrected chi connectivity index (χ3v) is 4.91. The summed E-state index contributed by atoms with van der Waals surface area (Å²) >= 11 is 0. The third-order valence-electron chi connectivity index (χ3n) is 4.91. The molecule has 0 saturated carbocycles. The Bertz CT molecular complexity index is 649. The normalized spacial score (nSPS) is 37.0. The van der Waals surface area contributed by atoms with E-state index in [1.807, 2.05) is 27.7 Å². The van der Waals surface area contributed by atoms with Crippen LogP contribution in [0.2, 0.25) is 0 Å². The van der Waals surface area contributed by atoms with Gasteiger partial charge in [0.2, 0.25) is 0 Å². The largest absolute Gasteiger partial charge is 0.460 e. The molecule has 0 aromatic carbocycles. The minimum Gasteiger partial charge on any atom is -0.460 e. The van der Waals surface area contributed by atoms with Gasteiger partial charge in [-0.3, -0.25) is 14.9 Å². The first-order chi connectivity index (χ1) is 14.8. The van der Waals surface area contributed by atoms with E-state index in [1.165, 1.54) is 0 Å². The first-order valence-electron chi connectivity index (χ1n) is 10.7. The van der Waals surface area contributed by atoms with Crippen LogP contribution in [-0.4, -0.2) is 72.9 Å². The number of rotatable bonds is 0. The van der Waals surface area contributed by atoms with Crippen molar-refractivity contribution < 1.29 is 33.3 Å². The number of nitrogens with two attached hydrogens (primary N) is 1. The average Bonchev–Trinajstić information content (AvgIpc) is 3.32. The number of ether oxygens (including phenoxy) is 4. The molecule has 0 aromatic rings. The van der Waals surface area contributed by atoms with E-state index in [4.69, 9.17) is 24.7 Å². The van der Waals surface area contributed by atoms with Gasteiger partial charge in [-0.25, -0.2) is 9.79 Å². The van der Waals surface area contributed by atoms with Crippen LogP contribution in [0, 0.1) is 0 Å². The molecule has 3 saturated heterocycles. The molecule has 0 spiro atoms. The molecule has 4 heterocycles. The first kappa shape index (κ1) is 27.4. The maximum atomic E-state index is 10.5. The van der Waals surface area contributed by atoms with Crippen molar-refractivity contribution in [1.29, 1.82) is 0 Å². The zero-order valence-electron chi connectivity index (χ0n) is 20.0. The lowest BCUT2D eigenvalue weighted by Crippen LogP contribution is -2.26. The maximum absolute atomic E-state index is 10.5.